The molecule has 0 saturated carbocycles. The molecule has 100 valence electrons. The number of aromatic nitrogens is 2. The van der Waals surface area contributed by atoms with Gasteiger partial charge in [-0.1, -0.05) is 6.92 Å². The van der Waals surface area contributed by atoms with E-state index < -0.39 is 0 Å². The Balaban J connectivity index is 1.85. The molecular formula is C15H19N3S. The van der Waals surface area contributed by atoms with Crippen molar-refractivity contribution in [1.82, 2.24) is 9.97 Å². The molecule has 1 saturated heterocycles. The smallest absolute Gasteiger partial charge is 0.141 e. The van der Waals surface area contributed by atoms with Crippen molar-refractivity contribution in [3.8, 4) is 0 Å². The Kier molecular flexibility index (Phi) is 2.72. The lowest BCUT2D eigenvalue weighted by atomic mass is 10.00. The Hall–Kier alpha value is -1.16. The molecule has 3 nitrogen and oxygen atoms in total. The Morgan fingerprint density at radius 3 is 3.11 bits per heavy atom. The summed E-state index contributed by atoms with van der Waals surface area (Å²) in [5.74, 6) is 1.99. The molecule has 19 heavy (non-hydrogen) atoms. The van der Waals surface area contributed by atoms with Crippen LogP contribution in [-0.2, 0) is 12.8 Å². The molecule has 2 aromatic rings. The number of nitrogens with zero attached hydrogens (tertiary/aromatic N) is 3. The van der Waals surface area contributed by atoms with Crippen LogP contribution in [0.1, 0.15) is 36.6 Å². The molecule has 3 heterocycles. The van der Waals surface area contributed by atoms with Gasteiger partial charge in [0.15, 0.2) is 0 Å². The Bertz CT molecular complexity index is 619. The average Bonchev–Trinajstić information content (AvgIpc) is 2.98. The molecule has 1 unspecified atom stereocenters. The summed E-state index contributed by atoms with van der Waals surface area (Å²) >= 11 is 1.89. The van der Waals surface area contributed by atoms with Gasteiger partial charge in [-0.05, 0) is 43.6 Å². The van der Waals surface area contributed by atoms with E-state index in [2.05, 4.69) is 21.8 Å². The molecule has 0 N–H and O–H groups in total. The Morgan fingerprint density at radius 1 is 1.26 bits per heavy atom. The van der Waals surface area contributed by atoms with E-state index in [4.69, 9.17) is 0 Å². The molecule has 0 amide bonds. The van der Waals surface area contributed by atoms with Crippen molar-refractivity contribution in [1.29, 1.82) is 0 Å². The van der Waals surface area contributed by atoms with Crippen molar-refractivity contribution in [2.45, 2.75) is 39.0 Å². The summed E-state index contributed by atoms with van der Waals surface area (Å²) in [6.07, 6.45) is 8.17. The summed E-state index contributed by atoms with van der Waals surface area (Å²) in [6, 6.07) is 0. The summed E-state index contributed by atoms with van der Waals surface area (Å²) in [4.78, 5) is 14.4. The second-order valence-electron chi connectivity index (χ2n) is 5.93. The minimum Gasteiger partial charge on any atom is -0.356 e. The Labute approximate surface area is 117 Å². The van der Waals surface area contributed by atoms with E-state index in [0.29, 0.717) is 0 Å². The van der Waals surface area contributed by atoms with E-state index in [-0.39, 0.29) is 0 Å². The maximum atomic E-state index is 4.64. The minimum absolute atomic E-state index is 0.783. The van der Waals surface area contributed by atoms with Gasteiger partial charge in [-0.15, -0.1) is 11.3 Å². The lowest BCUT2D eigenvalue weighted by molar-refractivity contribution is 0.445. The maximum absolute atomic E-state index is 4.64. The third-order valence-corrected chi connectivity index (χ3v) is 5.64. The topological polar surface area (TPSA) is 29.0 Å². The van der Waals surface area contributed by atoms with Gasteiger partial charge in [0.2, 0.25) is 0 Å². The highest BCUT2D eigenvalue weighted by Crippen LogP contribution is 2.40. The fourth-order valence-electron chi connectivity index (χ4n) is 3.53. The highest BCUT2D eigenvalue weighted by Gasteiger charge is 2.25. The van der Waals surface area contributed by atoms with Crippen LogP contribution in [0.2, 0.25) is 0 Å². The molecule has 2 aliphatic rings. The van der Waals surface area contributed by atoms with Crippen molar-refractivity contribution >= 4 is 27.4 Å². The maximum Gasteiger partial charge on any atom is 0.141 e. The van der Waals surface area contributed by atoms with Gasteiger partial charge in [-0.25, -0.2) is 9.97 Å². The first-order valence-corrected chi connectivity index (χ1v) is 8.15. The van der Waals surface area contributed by atoms with Crippen LogP contribution in [0.5, 0.6) is 0 Å². The van der Waals surface area contributed by atoms with Crippen molar-refractivity contribution in [3.63, 3.8) is 0 Å². The zero-order chi connectivity index (χ0) is 12.8. The monoisotopic (exact) mass is 273 g/mol. The van der Waals surface area contributed by atoms with Crippen LogP contribution in [0.3, 0.4) is 0 Å². The van der Waals surface area contributed by atoms with Gasteiger partial charge < -0.3 is 4.90 Å². The molecule has 0 bridgehead atoms. The Morgan fingerprint density at radius 2 is 2.21 bits per heavy atom. The number of anilines is 1. The first-order chi connectivity index (χ1) is 9.33. The predicted octanol–water partition coefficient (Wildman–Crippen LogP) is 3.42. The molecule has 4 rings (SSSR count). The van der Waals surface area contributed by atoms with Crippen LogP contribution in [0.25, 0.3) is 10.2 Å². The first-order valence-electron chi connectivity index (χ1n) is 7.33. The van der Waals surface area contributed by atoms with Crippen molar-refractivity contribution < 1.29 is 0 Å². The van der Waals surface area contributed by atoms with Crippen LogP contribution in [0.4, 0.5) is 5.82 Å². The minimum atomic E-state index is 0.783. The molecular weight excluding hydrogens is 254 g/mol. The second-order valence-corrected chi connectivity index (χ2v) is 7.01. The number of piperidine rings is 1. The molecule has 0 aromatic carbocycles. The lowest BCUT2D eigenvalue weighted by Gasteiger charge is -2.32. The van der Waals surface area contributed by atoms with Gasteiger partial charge in [-0.2, -0.15) is 0 Å². The highest BCUT2D eigenvalue weighted by molar-refractivity contribution is 7.19. The standard InChI is InChI=1S/C15H19N3S/c1-10-4-3-7-18(8-10)14-13-11-5-2-6-12(11)19-15(13)17-9-16-14/h9-10H,2-8H2,1H3. The lowest BCUT2D eigenvalue weighted by Crippen LogP contribution is -2.35. The van der Waals surface area contributed by atoms with Gasteiger partial charge in [0.1, 0.15) is 17.0 Å². The van der Waals surface area contributed by atoms with Gasteiger partial charge in [-0.3, -0.25) is 0 Å². The summed E-state index contributed by atoms with van der Waals surface area (Å²) in [5, 5.41) is 1.37. The molecule has 1 atom stereocenters. The third-order valence-electron chi connectivity index (χ3n) is 4.44. The van der Waals surface area contributed by atoms with Crippen LogP contribution in [0.15, 0.2) is 6.33 Å². The van der Waals surface area contributed by atoms with Crippen molar-refractivity contribution in [2.24, 2.45) is 5.92 Å². The summed E-state index contributed by atoms with van der Waals surface area (Å²) in [6.45, 7) is 4.65. The molecule has 1 aliphatic heterocycles. The van der Waals surface area contributed by atoms with E-state index in [1.54, 1.807) is 16.8 Å². The predicted molar refractivity (Wildman–Crippen MR) is 80.1 cm³/mol. The van der Waals surface area contributed by atoms with Crippen LogP contribution in [-0.4, -0.2) is 23.1 Å². The van der Waals surface area contributed by atoms with Gasteiger partial charge >= 0.3 is 0 Å². The zero-order valence-corrected chi connectivity index (χ0v) is 12.2. The number of aryl methyl sites for hydroxylation is 2. The van der Waals surface area contributed by atoms with Gasteiger partial charge in [0, 0.05) is 18.0 Å². The summed E-state index contributed by atoms with van der Waals surface area (Å²) < 4.78 is 0. The molecule has 4 heteroatoms. The summed E-state index contributed by atoms with van der Waals surface area (Å²) in [5.41, 5.74) is 1.55. The number of hydrogen-bond donors (Lipinski definition) is 0. The molecule has 0 radical (unpaired) electrons. The summed E-state index contributed by atoms with van der Waals surface area (Å²) in [7, 11) is 0. The number of hydrogen-bond acceptors (Lipinski definition) is 4. The number of rotatable bonds is 1. The van der Waals surface area contributed by atoms with Gasteiger partial charge in [0.25, 0.3) is 0 Å². The number of thiophene rings is 1. The van der Waals surface area contributed by atoms with E-state index in [1.807, 2.05) is 11.3 Å². The third kappa shape index (κ3) is 1.84. The SMILES string of the molecule is CC1CCCN(c2ncnc3sc4c(c23)CCC4)C1. The fourth-order valence-corrected chi connectivity index (χ4v) is 4.76. The fraction of sp³-hybridized carbons (Fsp3) is 0.600. The average molecular weight is 273 g/mol. The quantitative estimate of drug-likeness (QED) is 0.797. The first kappa shape index (κ1) is 11.6. The van der Waals surface area contributed by atoms with E-state index >= 15 is 0 Å². The van der Waals surface area contributed by atoms with E-state index in [0.717, 1.165) is 19.0 Å². The highest BCUT2D eigenvalue weighted by atomic mass is 32.1. The largest absolute Gasteiger partial charge is 0.356 e. The van der Waals surface area contributed by atoms with Crippen LogP contribution in [0, 0.1) is 5.92 Å². The molecule has 1 fully saturated rings. The van der Waals surface area contributed by atoms with Gasteiger partial charge in [0.05, 0.1) is 5.39 Å². The van der Waals surface area contributed by atoms with E-state index in [1.165, 1.54) is 48.1 Å². The van der Waals surface area contributed by atoms with Crippen molar-refractivity contribution in [3.05, 3.63) is 16.8 Å². The van der Waals surface area contributed by atoms with Crippen LogP contribution >= 0.6 is 11.3 Å². The van der Waals surface area contributed by atoms with Crippen molar-refractivity contribution in [2.75, 3.05) is 18.0 Å². The normalized spacial score (nSPS) is 23.0. The molecule has 2 aromatic heterocycles. The molecule has 0 spiro atoms. The number of fused-ring (bicyclic) bond motifs is 3. The van der Waals surface area contributed by atoms with E-state index in [9.17, 15) is 0 Å². The molecule has 1 aliphatic carbocycles. The second kappa shape index (κ2) is 4.44. The van der Waals surface area contributed by atoms with Crippen LogP contribution < -0.4 is 4.90 Å². The zero-order valence-electron chi connectivity index (χ0n) is 11.4.